The second-order valence-corrected chi connectivity index (χ2v) is 10.3. The van der Waals surface area contributed by atoms with Gasteiger partial charge in [-0.15, -0.1) is 0 Å². The van der Waals surface area contributed by atoms with Crippen LogP contribution < -0.4 is 19.5 Å². The lowest BCUT2D eigenvalue weighted by Gasteiger charge is -2.38. The molecule has 0 aliphatic carbocycles. The third-order valence-corrected chi connectivity index (χ3v) is 7.85. The summed E-state index contributed by atoms with van der Waals surface area (Å²) in [7, 11) is -3.75. The Morgan fingerprint density at radius 1 is 0.886 bits per heavy atom. The van der Waals surface area contributed by atoms with Gasteiger partial charge in [0.1, 0.15) is 0 Å². The zero-order chi connectivity index (χ0) is 24.3. The first kappa shape index (κ1) is 23.2. The van der Waals surface area contributed by atoms with E-state index in [1.54, 1.807) is 36.4 Å². The topological polar surface area (TPSA) is 103 Å². The molecule has 2 aliphatic rings. The molecule has 0 saturated carbocycles. The fraction of sp³-hybridized carbons (Fsp3) is 0.269. The van der Waals surface area contributed by atoms with E-state index in [9.17, 15) is 13.2 Å². The summed E-state index contributed by atoms with van der Waals surface area (Å²) < 4.78 is 44.4. The SMILES string of the molecule is O=C(NCC1(c2ccc3c(c2)OCO3)CCOCC1)c1cccc(NS(=O)(=O)c2ccccc2)c1. The number of carbonyl (C=O) groups excluding carboxylic acids is 1. The summed E-state index contributed by atoms with van der Waals surface area (Å²) >= 11 is 0. The lowest BCUT2D eigenvalue weighted by Crippen LogP contribution is -2.44. The Hall–Kier alpha value is -3.56. The van der Waals surface area contributed by atoms with Gasteiger partial charge in [0.15, 0.2) is 11.5 Å². The summed E-state index contributed by atoms with van der Waals surface area (Å²) in [4.78, 5) is 13.2. The lowest BCUT2D eigenvalue weighted by atomic mass is 9.74. The molecule has 9 heteroatoms. The van der Waals surface area contributed by atoms with Crippen molar-refractivity contribution in [3.8, 4) is 11.5 Å². The quantitative estimate of drug-likeness (QED) is 0.519. The van der Waals surface area contributed by atoms with Gasteiger partial charge >= 0.3 is 0 Å². The Morgan fingerprint density at radius 3 is 2.46 bits per heavy atom. The number of ether oxygens (including phenoxy) is 3. The van der Waals surface area contributed by atoms with Crippen LogP contribution in [-0.4, -0.2) is 40.9 Å². The number of benzene rings is 3. The van der Waals surface area contributed by atoms with Crippen LogP contribution in [0.1, 0.15) is 28.8 Å². The van der Waals surface area contributed by atoms with Crippen LogP contribution in [-0.2, 0) is 20.2 Å². The van der Waals surface area contributed by atoms with Gasteiger partial charge < -0.3 is 19.5 Å². The Morgan fingerprint density at radius 2 is 1.66 bits per heavy atom. The third kappa shape index (κ3) is 4.96. The molecule has 5 rings (SSSR count). The highest BCUT2D eigenvalue weighted by molar-refractivity contribution is 7.92. The van der Waals surface area contributed by atoms with Crippen molar-refractivity contribution in [2.45, 2.75) is 23.2 Å². The molecule has 2 aliphatic heterocycles. The number of hydrogen-bond donors (Lipinski definition) is 2. The van der Waals surface area contributed by atoms with Crippen LogP contribution in [0, 0.1) is 0 Å². The molecule has 182 valence electrons. The molecule has 0 aromatic heterocycles. The molecule has 35 heavy (non-hydrogen) atoms. The first-order valence-corrected chi connectivity index (χ1v) is 12.9. The lowest BCUT2D eigenvalue weighted by molar-refractivity contribution is 0.0486. The summed E-state index contributed by atoms with van der Waals surface area (Å²) in [6, 6.07) is 20.5. The van der Waals surface area contributed by atoms with Gasteiger partial charge in [-0.05, 0) is 60.9 Å². The number of carbonyl (C=O) groups is 1. The molecule has 0 spiro atoms. The Balaban J connectivity index is 1.32. The minimum absolute atomic E-state index is 0.153. The summed E-state index contributed by atoms with van der Waals surface area (Å²) in [6.45, 7) is 1.81. The highest BCUT2D eigenvalue weighted by atomic mass is 32.2. The number of anilines is 1. The van der Waals surface area contributed by atoms with E-state index in [4.69, 9.17) is 14.2 Å². The monoisotopic (exact) mass is 494 g/mol. The van der Waals surface area contributed by atoms with E-state index in [1.807, 2.05) is 18.2 Å². The summed E-state index contributed by atoms with van der Waals surface area (Å²) in [5.74, 6) is 1.14. The smallest absolute Gasteiger partial charge is 0.261 e. The molecule has 2 heterocycles. The second-order valence-electron chi connectivity index (χ2n) is 8.64. The van der Waals surface area contributed by atoms with Crippen LogP contribution in [0.3, 0.4) is 0 Å². The highest BCUT2D eigenvalue weighted by Crippen LogP contribution is 2.40. The van der Waals surface area contributed by atoms with E-state index < -0.39 is 10.0 Å². The largest absolute Gasteiger partial charge is 0.454 e. The van der Waals surface area contributed by atoms with Crippen LogP contribution in [0.5, 0.6) is 11.5 Å². The number of sulfonamides is 1. The Bertz CT molecular complexity index is 1320. The maximum atomic E-state index is 13.1. The molecule has 3 aromatic carbocycles. The van der Waals surface area contributed by atoms with Crippen LogP contribution in [0.2, 0.25) is 0 Å². The van der Waals surface area contributed by atoms with E-state index in [1.165, 1.54) is 18.2 Å². The van der Waals surface area contributed by atoms with Crippen LogP contribution >= 0.6 is 0 Å². The van der Waals surface area contributed by atoms with Crippen molar-refractivity contribution in [3.63, 3.8) is 0 Å². The van der Waals surface area contributed by atoms with Crippen molar-refractivity contribution in [2.24, 2.45) is 0 Å². The van der Waals surface area contributed by atoms with Crippen molar-refractivity contribution in [1.29, 1.82) is 0 Å². The first-order valence-electron chi connectivity index (χ1n) is 11.4. The molecule has 8 nitrogen and oxygen atoms in total. The maximum absolute atomic E-state index is 13.1. The first-order chi connectivity index (χ1) is 17.0. The number of hydrogen-bond acceptors (Lipinski definition) is 6. The van der Waals surface area contributed by atoms with E-state index in [2.05, 4.69) is 10.0 Å². The number of fused-ring (bicyclic) bond motifs is 1. The van der Waals surface area contributed by atoms with Gasteiger partial charge in [0, 0.05) is 36.4 Å². The maximum Gasteiger partial charge on any atom is 0.261 e. The average Bonchev–Trinajstić information content (AvgIpc) is 3.36. The predicted molar refractivity (Wildman–Crippen MR) is 130 cm³/mol. The molecule has 0 unspecified atom stereocenters. The fourth-order valence-electron chi connectivity index (χ4n) is 4.45. The zero-order valence-corrected chi connectivity index (χ0v) is 19.8. The standard InChI is InChI=1S/C26H26N2O6S/c29-25(19-5-4-6-21(15-19)28-35(30,31)22-7-2-1-3-8-22)27-17-26(11-13-32-14-12-26)20-9-10-23-24(16-20)34-18-33-23/h1-10,15-16,28H,11-14,17-18H2,(H,27,29). The molecule has 1 amide bonds. The summed E-state index contributed by atoms with van der Waals surface area (Å²) in [5, 5.41) is 3.05. The molecule has 0 atom stereocenters. The second kappa shape index (κ2) is 9.59. The average molecular weight is 495 g/mol. The van der Waals surface area contributed by atoms with Crippen molar-refractivity contribution in [1.82, 2.24) is 5.32 Å². The minimum atomic E-state index is -3.75. The van der Waals surface area contributed by atoms with Gasteiger partial charge in [0.05, 0.1) is 4.90 Å². The zero-order valence-electron chi connectivity index (χ0n) is 19.0. The summed E-state index contributed by atoms with van der Waals surface area (Å²) in [5.41, 5.74) is 1.44. The normalized spacial score (nSPS) is 16.5. The molecule has 0 bridgehead atoms. The molecule has 2 N–H and O–H groups in total. The van der Waals surface area contributed by atoms with Gasteiger partial charge in [0.25, 0.3) is 15.9 Å². The summed E-state index contributed by atoms with van der Waals surface area (Å²) in [6.07, 6.45) is 1.51. The molecule has 3 aromatic rings. The van der Waals surface area contributed by atoms with Gasteiger partial charge in [-0.1, -0.05) is 30.3 Å². The number of nitrogens with one attached hydrogen (secondary N) is 2. The van der Waals surface area contributed by atoms with Crippen molar-refractivity contribution < 1.29 is 27.4 Å². The van der Waals surface area contributed by atoms with Gasteiger partial charge in [-0.2, -0.15) is 0 Å². The van der Waals surface area contributed by atoms with Crippen LogP contribution in [0.25, 0.3) is 0 Å². The Labute approximate surface area is 204 Å². The number of amides is 1. The highest BCUT2D eigenvalue weighted by Gasteiger charge is 2.36. The molecule has 0 radical (unpaired) electrons. The Kier molecular flexibility index (Phi) is 6.36. The molecule has 1 saturated heterocycles. The van der Waals surface area contributed by atoms with Crippen molar-refractivity contribution in [3.05, 3.63) is 83.9 Å². The van der Waals surface area contributed by atoms with E-state index >= 15 is 0 Å². The van der Waals surface area contributed by atoms with Crippen molar-refractivity contribution in [2.75, 3.05) is 31.3 Å². The van der Waals surface area contributed by atoms with E-state index in [0.29, 0.717) is 36.8 Å². The molecular formula is C26H26N2O6S. The van der Waals surface area contributed by atoms with Crippen molar-refractivity contribution >= 4 is 21.6 Å². The van der Waals surface area contributed by atoms with E-state index in [-0.39, 0.29) is 23.0 Å². The minimum Gasteiger partial charge on any atom is -0.454 e. The van der Waals surface area contributed by atoms with Gasteiger partial charge in [0.2, 0.25) is 6.79 Å². The van der Waals surface area contributed by atoms with E-state index in [0.717, 1.165) is 24.2 Å². The van der Waals surface area contributed by atoms with Gasteiger partial charge in [-0.3, -0.25) is 9.52 Å². The molecule has 1 fully saturated rings. The molecular weight excluding hydrogens is 468 g/mol. The number of rotatable bonds is 7. The predicted octanol–water partition coefficient (Wildman–Crippen LogP) is 3.69. The van der Waals surface area contributed by atoms with Crippen LogP contribution in [0.4, 0.5) is 5.69 Å². The fourth-order valence-corrected chi connectivity index (χ4v) is 5.52. The van der Waals surface area contributed by atoms with Crippen LogP contribution in [0.15, 0.2) is 77.7 Å². The third-order valence-electron chi connectivity index (χ3n) is 6.45. The van der Waals surface area contributed by atoms with Gasteiger partial charge in [-0.25, -0.2) is 8.42 Å².